The predicted molar refractivity (Wildman–Crippen MR) is 90.4 cm³/mol. The second-order valence-electron chi connectivity index (χ2n) is 6.02. The first-order valence-corrected chi connectivity index (χ1v) is 8.20. The van der Waals surface area contributed by atoms with E-state index in [-0.39, 0.29) is 11.8 Å². The molecule has 0 N–H and O–H groups in total. The van der Waals surface area contributed by atoms with Crippen molar-refractivity contribution in [2.75, 3.05) is 33.3 Å². The third kappa shape index (κ3) is 3.99. The quantitative estimate of drug-likeness (QED) is 0.841. The molecule has 2 amide bonds. The first-order chi connectivity index (χ1) is 12.1. The van der Waals surface area contributed by atoms with Gasteiger partial charge in [-0.25, -0.2) is 0 Å². The summed E-state index contributed by atoms with van der Waals surface area (Å²) in [6.07, 6.45) is 0.348. The number of amides is 2. The average Bonchev–Trinajstić information content (AvgIpc) is 3.08. The Balaban J connectivity index is 1.52. The fourth-order valence-corrected chi connectivity index (χ4v) is 2.82. The molecule has 0 aliphatic carbocycles. The van der Waals surface area contributed by atoms with Crippen LogP contribution in [0.4, 0.5) is 0 Å². The SMILES string of the molecule is COc1ccc(CC(=O)N2CCN(C(=O)c3cc(C)on3)CC2)cc1. The van der Waals surface area contributed by atoms with Gasteiger partial charge < -0.3 is 19.1 Å². The third-order valence-corrected chi connectivity index (χ3v) is 4.28. The first kappa shape index (κ1) is 17.0. The van der Waals surface area contributed by atoms with Crippen molar-refractivity contribution in [1.29, 1.82) is 0 Å². The molecule has 0 radical (unpaired) electrons. The number of rotatable bonds is 4. The highest BCUT2D eigenvalue weighted by atomic mass is 16.5. The highest BCUT2D eigenvalue weighted by Crippen LogP contribution is 2.14. The molecular weight excluding hydrogens is 322 g/mol. The Morgan fingerprint density at radius 3 is 2.32 bits per heavy atom. The molecule has 2 heterocycles. The number of ether oxygens (including phenoxy) is 1. The van der Waals surface area contributed by atoms with Crippen LogP contribution < -0.4 is 4.74 Å². The second-order valence-corrected chi connectivity index (χ2v) is 6.02. The van der Waals surface area contributed by atoms with Crippen molar-refractivity contribution in [1.82, 2.24) is 15.0 Å². The lowest BCUT2D eigenvalue weighted by Gasteiger charge is -2.34. The van der Waals surface area contributed by atoms with E-state index < -0.39 is 0 Å². The van der Waals surface area contributed by atoms with Gasteiger partial charge in [0.1, 0.15) is 11.5 Å². The molecule has 0 spiro atoms. The Morgan fingerprint density at radius 2 is 1.76 bits per heavy atom. The second kappa shape index (κ2) is 7.38. The summed E-state index contributed by atoms with van der Waals surface area (Å²) in [5.74, 6) is 1.29. The smallest absolute Gasteiger partial charge is 0.276 e. The molecule has 0 saturated carbocycles. The van der Waals surface area contributed by atoms with Gasteiger partial charge in [0.05, 0.1) is 13.5 Å². The molecule has 7 heteroatoms. The van der Waals surface area contributed by atoms with E-state index in [1.54, 1.807) is 29.9 Å². The van der Waals surface area contributed by atoms with E-state index >= 15 is 0 Å². The lowest BCUT2D eigenvalue weighted by molar-refractivity contribution is -0.131. The van der Waals surface area contributed by atoms with Gasteiger partial charge in [-0.2, -0.15) is 0 Å². The van der Waals surface area contributed by atoms with Crippen molar-refractivity contribution >= 4 is 11.8 Å². The van der Waals surface area contributed by atoms with Gasteiger partial charge in [0.25, 0.3) is 5.91 Å². The van der Waals surface area contributed by atoms with E-state index in [1.807, 2.05) is 24.3 Å². The van der Waals surface area contributed by atoms with Gasteiger partial charge in [-0.15, -0.1) is 0 Å². The molecule has 2 aromatic rings. The first-order valence-electron chi connectivity index (χ1n) is 8.20. The van der Waals surface area contributed by atoms with Gasteiger partial charge in [0.15, 0.2) is 5.69 Å². The summed E-state index contributed by atoms with van der Waals surface area (Å²) < 4.78 is 10.1. The van der Waals surface area contributed by atoms with Gasteiger partial charge in [0.2, 0.25) is 5.91 Å². The molecule has 1 aliphatic rings. The van der Waals surface area contributed by atoms with Gasteiger partial charge in [-0.05, 0) is 24.6 Å². The lowest BCUT2D eigenvalue weighted by Crippen LogP contribution is -2.51. The van der Waals surface area contributed by atoms with Crippen LogP contribution in [0.3, 0.4) is 0 Å². The van der Waals surface area contributed by atoms with Crippen LogP contribution in [0.2, 0.25) is 0 Å². The van der Waals surface area contributed by atoms with Crippen LogP contribution in [0.1, 0.15) is 21.8 Å². The number of piperazine rings is 1. The fraction of sp³-hybridized carbons (Fsp3) is 0.389. The molecular formula is C18H21N3O4. The summed E-state index contributed by atoms with van der Waals surface area (Å²) in [6.45, 7) is 3.80. The van der Waals surface area contributed by atoms with E-state index in [0.29, 0.717) is 44.1 Å². The number of carbonyl (C=O) groups excluding carboxylic acids is 2. The Morgan fingerprint density at radius 1 is 1.12 bits per heavy atom. The Kier molecular flexibility index (Phi) is 5.02. The molecule has 1 fully saturated rings. The van der Waals surface area contributed by atoms with E-state index in [9.17, 15) is 9.59 Å². The Labute approximate surface area is 146 Å². The van der Waals surface area contributed by atoms with Gasteiger partial charge in [-0.3, -0.25) is 9.59 Å². The fourth-order valence-electron chi connectivity index (χ4n) is 2.82. The van der Waals surface area contributed by atoms with Crippen LogP contribution in [-0.4, -0.2) is 60.1 Å². The minimum absolute atomic E-state index is 0.0644. The van der Waals surface area contributed by atoms with Crippen molar-refractivity contribution in [2.45, 2.75) is 13.3 Å². The average molecular weight is 343 g/mol. The standard InChI is InChI=1S/C18H21N3O4/c1-13-11-16(19-25-13)18(23)21-9-7-20(8-10-21)17(22)12-14-3-5-15(24-2)6-4-14/h3-6,11H,7-10,12H2,1-2H3. The van der Waals surface area contributed by atoms with E-state index in [4.69, 9.17) is 9.26 Å². The number of aromatic nitrogens is 1. The maximum absolute atomic E-state index is 12.4. The number of nitrogens with zero attached hydrogens (tertiary/aromatic N) is 3. The molecule has 7 nitrogen and oxygen atoms in total. The summed E-state index contributed by atoms with van der Waals surface area (Å²) >= 11 is 0. The van der Waals surface area contributed by atoms with Crippen molar-refractivity contribution in [3.8, 4) is 5.75 Å². The molecule has 132 valence electrons. The zero-order valence-corrected chi connectivity index (χ0v) is 14.4. The van der Waals surface area contributed by atoms with Crippen molar-refractivity contribution in [3.05, 3.63) is 47.3 Å². The molecule has 1 aliphatic heterocycles. The lowest BCUT2D eigenvalue weighted by atomic mass is 10.1. The Bertz CT molecular complexity index is 746. The highest BCUT2D eigenvalue weighted by molar-refractivity contribution is 5.92. The Hall–Kier alpha value is -2.83. The van der Waals surface area contributed by atoms with Crippen molar-refractivity contribution in [2.24, 2.45) is 0 Å². The van der Waals surface area contributed by atoms with Gasteiger partial charge >= 0.3 is 0 Å². The van der Waals surface area contributed by atoms with Crippen LogP contribution in [0.25, 0.3) is 0 Å². The molecule has 0 atom stereocenters. The zero-order valence-electron chi connectivity index (χ0n) is 14.4. The van der Waals surface area contributed by atoms with Gasteiger partial charge in [0, 0.05) is 32.2 Å². The predicted octanol–water partition coefficient (Wildman–Crippen LogP) is 1.52. The van der Waals surface area contributed by atoms with E-state index in [2.05, 4.69) is 5.16 Å². The molecule has 25 heavy (non-hydrogen) atoms. The normalized spacial score (nSPS) is 14.5. The molecule has 0 bridgehead atoms. The van der Waals surface area contributed by atoms with Crippen LogP contribution >= 0.6 is 0 Å². The van der Waals surface area contributed by atoms with Crippen molar-refractivity contribution < 1.29 is 18.8 Å². The third-order valence-electron chi connectivity index (χ3n) is 4.28. The molecule has 1 saturated heterocycles. The molecule has 1 aromatic carbocycles. The number of methoxy groups -OCH3 is 1. The molecule has 0 unspecified atom stereocenters. The highest BCUT2D eigenvalue weighted by Gasteiger charge is 2.26. The van der Waals surface area contributed by atoms with Crippen LogP contribution in [0.15, 0.2) is 34.9 Å². The maximum atomic E-state index is 12.4. The minimum Gasteiger partial charge on any atom is -0.497 e. The van der Waals surface area contributed by atoms with Gasteiger partial charge in [-0.1, -0.05) is 17.3 Å². The summed E-state index contributed by atoms with van der Waals surface area (Å²) in [7, 11) is 1.61. The topological polar surface area (TPSA) is 75.9 Å². The number of hydrogen-bond acceptors (Lipinski definition) is 5. The van der Waals surface area contributed by atoms with Crippen LogP contribution in [0, 0.1) is 6.92 Å². The van der Waals surface area contributed by atoms with Crippen LogP contribution in [-0.2, 0) is 11.2 Å². The number of carbonyl (C=O) groups is 2. The zero-order chi connectivity index (χ0) is 17.8. The van der Waals surface area contributed by atoms with Crippen LogP contribution in [0.5, 0.6) is 5.75 Å². The summed E-state index contributed by atoms with van der Waals surface area (Å²) in [5.41, 5.74) is 1.26. The van der Waals surface area contributed by atoms with E-state index in [0.717, 1.165) is 11.3 Å². The monoisotopic (exact) mass is 343 g/mol. The number of aryl methyl sites for hydroxylation is 1. The van der Waals surface area contributed by atoms with Crippen molar-refractivity contribution in [3.63, 3.8) is 0 Å². The molecule has 1 aromatic heterocycles. The minimum atomic E-state index is -0.154. The largest absolute Gasteiger partial charge is 0.497 e. The molecule has 3 rings (SSSR count). The van der Waals surface area contributed by atoms with E-state index in [1.165, 1.54) is 0 Å². The number of hydrogen-bond donors (Lipinski definition) is 0. The summed E-state index contributed by atoms with van der Waals surface area (Å²) in [5, 5.41) is 3.76. The number of benzene rings is 1. The summed E-state index contributed by atoms with van der Waals surface area (Å²) in [4.78, 5) is 28.3. The summed E-state index contributed by atoms with van der Waals surface area (Å²) in [6, 6.07) is 9.11. The maximum Gasteiger partial charge on any atom is 0.276 e.